The zero-order chi connectivity index (χ0) is 27.4. The molecule has 186 valence electrons. The number of nitrogens with one attached hydrogen (secondary N) is 1. The molecule has 1 aliphatic rings. The molecule has 0 amide bonds. The minimum Gasteiger partial charge on any atom is -0.479 e. The minimum atomic E-state index is -4.57. The highest BCUT2D eigenvalue weighted by Gasteiger charge is 2.31. The van der Waals surface area contributed by atoms with Gasteiger partial charge in [-0.3, -0.25) is 0 Å². The number of hydrogen-bond acceptors (Lipinski definition) is 7. The van der Waals surface area contributed by atoms with Crippen LogP contribution in [0.25, 0.3) is 27.7 Å². The Balaban J connectivity index is 1.61. The molecule has 1 aliphatic heterocycles. The maximum atomic E-state index is 15.3. The first kappa shape index (κ1) is 19.7. The number of piperidine rings is 1. The number of halogens is 5. The summed E-state index contributed by atoms with van der Waals surface area (Å²) in [5.74, 6) is -1.58. The van der Waals surface area contributed by atoms with Gasteiger partial charge in [-0.15, -0.1) is 10.2 Å². The van der Waals surface area contributed by atoms with Gasteiger partial charge in [0.05, 0.1) is 34.5 Å². The first-order valence-electron chi connectivity index (χ1n) is 12.0. The summed E-state index contributed by atoms with van der Waals surface area (Å²) in [6.07, 6.45) is -4.48. The van der Waals surface area contributed by atoms with E-state index in [2.05, 4.69) is 25.7 Å². The molecule has 14 heteroatoms. The van der Waals surface area contributed by atoms with Crippen molar-refractivity contribution in [3.63, 3.8) is 0 Å². The van der Waals surface area contributed by atoms with E-state index in [0.717, 1.165) is 10.7 Å². The molecule has 0 saturated carbocycles. The van der Waals surface area contributed by atoms with Gasteiger partial charge in [-0.2, -0.15) is 18.2 Å². The number of benzene rings is 1. The summed E-state index contributed by atoms with van der Waals surface area (Å²) in [7, 11) is -1.21. The fourth-order valence-electron chi connectivity index (χ4n) is 4.22. The number of fused-ring (bicyclic) bond motifs is 2. The Morgan fingerprint density at radius 1 is 1.31 bits per heavy atom. The van der Waals surface area contributed by atoms with Crippen LogP contribution >= 0.6 is 0 Å². The summed E-state index contributed by atoms with van der Waals surface area (Å²) in [6.45, 7) is -0.642. The number of aromatic nitrogens is 6. The van der Waals surface area contributed by atoms with E-state index in [9.17, 15) is 17.6 Å². The molecule has 3 aromatic heterocycles. The Labute approximate surface area is 199 Å². The minimum absolute atomic E-state index is 0.0210. The molecule has 1 fully saturated rings. The van der Waals surface area contributed by atoms with E-state index >= 15 is 4.39 Å². The Hall–Kier alpha value is -3.55. The average molecular weight is 499 g/mol. The second kappa shape index (κ2) is 8.59. The number of alkyl halides is 4. The number of methoxy groups -OCH3 is 1. The Morgan fingerprint density at radius 2 is 2.14 bits per heavy atom. The van der Waals surface area contributed by atoms with Crippen LogP contribution in [-0.4, -0.2) is 80.1 Å². The predicted molar refractivity (Wildman–Crippen MR) is 116 cm³/mol. The van der Waals surface area contributed by atoms with Gasteiger partial charge < -0.3 is 15.0 Å². The molecule has 2 atom stereocenters. The number of nitrogens with zero attached hydrogens (tertiary/aromatic N) is 7. The molecule has 1 aromatic carbocycles. The molecule has 4 heterocycles. The van der Waals surface area contributed by atoms with Crippen molar-refractivity contribution in [2.75, 3.05) is 32.5 Å². The van der Waals surface area contributed by atoms with Gasteiger partial charge in [0.1, 0.15) is 23.7 Å². The summed E-state index contributed by atoms with van der Waals surface area (Å²) in [4.78, 5) is 5.92. The zero-order valence-electron chi connectivity index (χ0n) is 21.2. The van der Waals surface area contributed by atoms with Crippen LogP contribution < -0.4 is 10.1 Å². The van der Waals surface area contributed by atoms with E-state index in [1.54, 1.807) is 7.05 Å². The van der Waals surface area contributed by atoms with Gasteiger partial charge in [0.25, 0.3) is 0 Å². The van der Waals surface area contributed by atoms with Gasteiger partial charge in [-0.05, 0) is 31.2 Å². The molecule has 0 spiro atoms. The number of anilines is 1. The maximum Gasteiger partial charge on any atom is 0.408 e. The quantitative estimate of drug-likeness (QED) is 0.422. The third kappa shape index (κ3) is 4.45. The molecular formula is C21H21F5N8O. The highest BCUT2D eigenvalue weighted by Crippen LogP contribution is 2.35. The van der Waals surface area contributed by atoms with E-state index in [1.165, 1.54) is 18.2 Å². The number of rotatable bonds is 5. The monoisotopic (exact) mass is 499 g/mol. The first-order valence-corrected chi connectivity index (χ1v) is 10.5. The summed E-state index contributed by atoms with van der Waals surface area (Å²) < 4.78 is 98.1. The lowest BCUT2D eigenvalue weighted by Gasteiger charge is -2.32. The fraction of sp³-hybridized carbons (Fsp3) is 0.429. The van der Waals surface area contributed by atoms with Gasteiger partial charge in [-0.25, -0.2) is 18.0 Å². The van der Waals surface area contributed by atoms with Gasteiger partial charge in [0.2, 0.25) is 11.8 Å². The van der Waals surface area contributed by atoms with Crippen LogP contribution in [0.2, 0.25) is 0 Å². The molecule has 0 unspecified atom stereocenters. The van der Waals surface area contributed by atoms with Gasteiger partial charge in [-0.1, -0.05) is 11.3 Å². The van der Waals surface area contributed by atoms with Crippen molar-refractivity contribution in [3.05, 3.63) is 30.2 Å². The lowest BCUT2D eigenvalue weighted by atomic mass is 10.0. The number of hydrogen-bond donors (Lipinski definition) is 1. The topological polar surface area (TPSA) is 85.4 Å². The third-order valence-electron chi connectivity index (χ3n) is 5.84. The second-order valence-corrected chi connectivity index (χ2v) is 8.37. The molecule has 0 radical (unpaired) electrons. The Morgan fingerprint density at radius 3 is 2.89 bits per heavy atom. The van der Waals surface area contributed by atoms with Crippen LogP contribution in [0.4, 0.5) is 27.9 Å². The highest BCUT2D eigenvalue weighted by molar-refractivity contribution is 5.89. The summed E-state index contributed by atoms with van der Waals surface area (Å²) >= 11 is 0. The largest absolute Gasteiger partial charge is 0.479 e. The van der Waals surface area contributed by atoms with Crippen molar-refractivity contribution < 1.29 is 30.8 Å². The molecule has 5 rings (SSSR count). The second-order valence-electron chi connectivity index (χ2n) is 8.37. The van der Waals surface area contributed by atoms with Crippen molar-refractivity contribution in [1.29, 1.82) is 0 Å². The van der Waals surface area contributed by atoms with Gasteiger partial charge in [0.15, 0.2) is 5.82 Å². The SMILES string of the molecule is [2H]C([2H])([2H])Oc1nc(N[C@@H]2CCN(C)C[C@@H]2F)nn2cc(F)c(-c3ccc4nnn(CC(F)(F)F)c4c3)c12. The van der Waals surface area contributed by atoms with Crippen LogP contribution in [-0.2, 0) is 6.54 Å². The van der Waals surface area contributed by atoms with Crippen LogP contribution in [0, 0.1) is 5.82 Å². The Bertz CT molecular complexity index is 1490. The average Bonchev–Trinajstić information content (AvgIpc) is 3.33. The zero-order valence-corrected chi connectivity index (χ0v) is 18.2. The molecule has 9 nitrogen and oxygen atoms in total. The van der Waals surface area contributed by atoms with E-state index in [-0.39, 0.29) is 40.2 Å². The van der Waals surface area contributed by atoms with E-state index in [4.69, 9.17) is 8.85 Å². The summed E-state index contributed by atoms with van der Waals surface area (Å²) in [5, 5.41) is 14.2. The standard InChI is InChI=1S/C21H21F5N8O/c1-32-6-5-14(12(22)8-32)27-20-28-19(35-2)18-17(13(23)9-33(18)30-20)11-3-4-15-16(7-11)34(31-29-15)10-21(24,25)26/h3-4,7,9,12,14H,5-6,8,10H2,1-2H3,(H,27,30)/t12-,14+/m0/s1/i2D3. The van der Waals surface area contributed by atoms with Crippen molar-refractivity contribution >= 4 is 22.5 Å². The van der Waals surface area contributed by atoms with Crippen molar-refractivity contribution in [3.8, 4) is 17.0 Å². The molecule has 0 aliphatic carbocycles. The Kier molecular flexibility index (Phi) is 4.84. The molecule has 0 bridgehead atoms. The highest BCUT2D eigenvalue weighted by atomic mass is 19.4. The summed E-state index contributed by atoms with van der Waals surface area (Å²) in [5.41, 5.74) is -0.185. The predicted octanol–water partition coefficient (Wildman–Crippen LogP) is 3.31. The molecule has 4 aromatic rings. The van der Waals surface area contributed by atoms with E-state index in [0.29, 0.717) is 17.6 Å². The van der Waals surface area contributed by atoms with Crippen molar-refractivity contribution in [2.45, 2.75) is 31.4 Å². The smallest absolute Gasteiger partial charge is 0.408 e. The molecule has 1 N–H and O–H groups in total. The normalized spacial score (nSPS) is 21.1. The van der Waals surface area contributed by atoms with Crippen LogP contribution in [0.5, 0.6) is 5.88 Å². The maximum absolute atomic E-state index is 15.3. The number of likely N-dealkylation sites (tertiary alicyclic amines) is 1. The fourth-order valence-corrected chi connectivity index (χ4v) is 4.22. The van der Waals surface area contributed by atoms with Gasteiger partial charge in [0, 0.05) is 13.1 Å². The summed E-state index contributed by atoms with van der Waals surface area (Å²) in [6, 6.07) is 3.32. The van der Waals surface area contributed by atoms with Crippen molar-refractivity contribution in [1.82, 2.24) is 34.5 Å². The van der Waals surface area contributed by atoms with Crippen LogP contribution in [0.1, 0.15) is 10.5 Å². The van der Waals surface area contributed by atoms with Gasteiger partial charge >= 0.3 is 6.18 Å². The van der Waals surface area contributed by atoms with E-state index < -0.39 is 43.7 Å². The molecular weight excluding hydrogens is 475 g/mol. The molecule has 35 heavy (non-hydrogen) atoms. The van der Waals surface area contributed by atoms with Crippen LogP contribution in [0.15, 0.2) is 24.4 Å². The van der Waals surface area contributed by atoms with Crippen LogP contribution in [0.3, 0.4) is 0 Å². The van der Waals surface area contributed by atoms with Crippen molar-refractivity contribution in [2.24, 2.45) is 0 Å². The first-order chi connectivity index (χ1) is 17.8. The third-order valence-corrected chi connectivity index (χ3v) is 5.84. The van der Waals surface area contributed by atoms with E-state index in [1.807, 2.05) is 4.90 Å². The molecule has 1 saturated heterocycles. The lowest BCUT2D eigenvalue weighted by Crippen LogP contribution is -2.46. The lowest BCUT2D eigenvalue weighted by molar-refractivity contribution is -0.142. The number of ether oxygens (including phenoxy) is 1.